The first-order chi connectivity index (χ1) is 4.43. The van der Waals surface area contributed by atoms with Crippen LogP contribution in [0.4, 0.5) is 0 Å². The molecule has 1 aromatic carbocycles. The maximum atomic E-state index is 8.17. The van der Waals surface area contributed by atoms with Crippen molar-refractivity contribution in [3.63, 3.8) is 0 Å². The normalized spacial score (nSPS) is 8.56. The van der Waals surface area contributed by atoms with Crippen molar-refractivity contribution in [2.24, 2.45) is 0 Å². The summed E-state index contributed by atoms with van der Waals surface area (Å²) in [5.41, 5.74) is 0. The maximum Gasteiger partial charge on any atom is 0.569 e. The van der Waals surface area contributed by atoms with E-state index in [1.54, 1.807) is 12.1 Å². The summed E-state index contributed by atoms with van der Waals surface area (Å²) < 4.78 is 4.64. The third-order valence-corrected chi connectivity index (χ3v) is 0.932. The molecule has 1 radical (unpaired) electrons. The van der Waals surface area contributed by atoms with Gasteiger partial charge in [0.25, 0.3) is 0 Å². The molecule has 3 heteroatoms. The van der Waals surface area contributed by atoms with Crippen LogP contribution in [0.3, 0.4) is 0 Å². The average Bonchev–Trinajstić information content (AvgIpc) is 1.91. The van der Waals surface area contributed by atoms with Gasteiger partial charge in [0, 0.05) is 0 Å². The molecule has 0 saturated heterocycles. The molecule has 0 aliphatic heterocycles. The van der Waals surface area contributed by atoms with E-state index in [0.717, 1.165) is 0 Å². The van der Waals surface area contributed by atoms with E-state index in [0.29, 0.717) is 13.4 Å². The number of para-hydroxylation sites is 1. The fourth-order valence-corrected chi connectivity index (χ4v) is 0.560. The molecule has 0 fully saturated rings. The van der Waals surface area contributed by atoms with Gasteiger partial charge in [-0.2, -0.15) is 0 Å². The van der Waals surface area contributed by atoms with E-state index in [9.17, 15) is 0 Å². The number of hydrogen-bond donors (Lipinski definition) is 1. The van der Waals surface area contributed by atoms with E-state index in [-0.39, 0.29) is 0 Å². The molecule has 0 heterocycles. The zero-order chi connectivity index (χ0) is 6.53. The van der Waals surface area contributed by atoms with Crippen LogP contribution in [0.25, 0.3) is 0 Å². The van der Waals surface area contributed by atoms with Gasteiger partial charge in [-0.1, -0.05) is 18.2 Å². The number of benzene rings is 1. The molecule has 0 amide bonds. The molecular formula is C6H6BO2. The molecule has 1 rings (SSSR count). The molecular weight excluding hydrogens is 115 g/mol. The smallest absolute Gasteiger partial charge is 0.537 e. The molecule has 0 spiro atoms. The van der Waals surface area contributed by atoms with Gasteiger partial charge in [-0.25, -0.2) is 0 Å². The lowest BCUT2D eigenvalue weighted by atomic mass is 10.3. The Labute approximate surface area is 54.4 Å². The van der Waals surface area contributed by atoms with Crippen LogP contribution in [-0.2, 0) is 0 Å². The van der Waals surface area contributed by atoms with E-state index in [4.69, 9.17) is 5.02 Å². The minimum atomic E-state index is 0.639. The second kappa shape index (κ2) is 3.15. The zero-order valence-electron chi connectivity index (χ0n) is 4.82. The van der Waals surface area contributed by atoms with Gasteiger partial charge >= 0.3 is 7.69 Å². The third-order valence-electron chi connectivity index (χ3n) is 0.932. The van der Waals surface area contributed by atoms with Crippen LogP contribution < -0.4 is 4.65 Å². The third kappa shape index (κ3) is 1.78. The van der Waals surface area contributed by atoms with Crippen molar-refractivity contribution in [2.75, 3.05) is 0 Å². The van der Waals surface area contributed by atoms with Crippen LogP contribution in [0.15, 0.2) is 30.3 Å². The summed E-state index contributed by atoms with van der Waals surface area (Å²) in [4.78, 5) is 0. The standard InChI is InChI=1S/C6H6BO2/c8-7-9-6-4-2-1-3-5-6/h1-5,8H. The summed E-state index contributed by atoms with van der Waals surface area (Å²) >= 11 is 0. The highest BCUT2D eigenvalue weighted by Crippen LogP contribution is 2.06. The van der Waals surface area contributed by atoms with Crippen LogP contribution >= 0.6 is 0 Å². The Morgan fingerprint density at radius 3 is 2.44 bits per heavy atom. The van der Waals surface area contributed by atoms with Gasteiger partial charge in [0.15, 0.2) is 0 Å². The first-order valence-electron chi connectivity index (χ1n) is 2.61. The second-order valence-corrected chi connectivity index (χ2v) is 1.54. The lowest BCUT2D eigenvalue weighted by Gasteiger charge is -1.97. The minimum absolute atomic E-state index is 0.639. The van der Waals surface area contributed by atoms with E-state index >= 15 is 0 Å². The molecule has 0 aromatic heterocycles. The summed E-state index contributed by atoms with van der Waals surface area (Å²) in [5.74, 6) is 0.639. The fourth-order valence-electron chi connectivity index (χ4n) is 0.560. The van der Waals surface area contributed by atoms with Gasteiger partial charge < -0.3 is 9.68 Å². The molecule has 0 bridgehead atoms. The monoisotopic (exact) mass is 121 g/mol. The largest absolute Gasteiger partial charge is 0.569 e. The van der Waals surface area contributed by atoms with E-state index in [1.807, 2.05) is 18.2 Å². The first-order valence-corrected chi connectivity index (χ1v) is 2.61. The van der Waals surface area contributed by atoms with Gasteiger partial charge in [0.05, 0.1) is 5.75 Å². The Balaban J connectivity index is 2.61. The number of rotatable bonds is 2. The Morgan fingerprint density at radius 2 is 1.89 bits per heavy atom. The quantitative estimate of drug-likeness (QED) is 0.580. The van der Waals surface area contributed by atoms with Crippen molar-refractivity contribution in [1.29, 1.82) is 0 Å². The predicted octanol–water partition coefficient (Wildman–Crippen LogP) is 0.592. The molecule has 0 saturated carbocycles. The predicted molar refractivity (Wildman–Crippen MR) is 35.0 cm³/mol. The molecule has 9 heavy (non-hydrogen) atoms. The van der Waals surface area contributed by atoms with Gasteiger partial charge in [-0.15, -0.1) is 0 Å². The second-order valence-electron chi connectivity index (χ2n) is 1.54. The SMILES string of the molecule is O[B]Oc1ccccc1. The van der Waals surface area contributed by atoms with E-state index in [2.05, 4.69) is 4.65 Å². The molecule has 45 valence electrons. The van der Waals surface area contributed by atoms with Crippen LogP contribution in [-0.4, -0.2) is 12.7 Å². The van der Waals surface area contributed by atoms with Crippen molar-refractivity contribution in [1.82, 2.24) is 0 Å². The summed E-state index contributed by atoms with van der Waals surface area (Å²) in [6.07, 6.45) is 0. The van der Waals surface area contributed by atoms with Crippen LogP contribution in [0.5, 0.6) is 5.75 Å². The highest BCUT2D eigenvalue weighted by atomic mass is 16.5. The zero-order valence-corrected chi connectivity index (χ0v) is 4.82. The summed E-state index contributed by atoms with van der Waals surface area (Å²) in [5, 5.41) is 8.17. The Hall–Kier alpha value is -0.955. The Kier molecular flexibility index (Phi) is 2.16. The maximum absolute atomic E-state index is 8.17. The van der Waals surface area contributed by atoms with Crippen LogP contribution in [0, 0.1) is 0 Å². The molecule has 0 unspecified atom stereocenters. The van der Waals surface area contributed by atoms with Gasteiger partial charge in [-0.3, -0.25) is 0 Å². The number of hydrogen-bond acceptors (Lipinski definition) is 2. The van der Waals surface area contributed by atoms with Crippen molar-refractivity contribution in [3.05, 3.63) is 30.3 Å². The van der Waals surface area contributed by atoms with Crippen molar-refractivity contribution < 1.29 is 9.68 Å². The van der Waals surface area contributed by atoms with Crippen LogP contribution in [0.2, 0.25) is 0 Å². The minimum Gasteiger partial charge on any atom is -0.537 e. The molecule has 2 nitrogen and oxygen atoms in total. The Bertz CT molecular complexity index is 164. The van der Waals surface area contributed by atoms with Gasteiger partial charge in [-0.05, 0) is 12.1 Å². The first kappa shape index (κ1) is 6.17. The van der Waals surface area contributed by atoms with Crippen molar-refractivity contribution in [3.8, 4) is 5.75 Å². The topological polar surface area (TPSA) is 29.5 Å². The van der Waals surface area contributed by atoms with Crippen LogP contribution in [0.1, 0.15) is 0 Å². The van der Waals surface area contributed by atoms with E-state index < -0.39 is 0 Å². The lowest BCUT2D eigenvalue weighted by Crippen LogP contribution is -1.98. The molecule has 1 aromatic rings. The summed E-state index contributed by atoms with van der Waals surface area (Å²) in [6.45, 7) is 0. The van der Waals surface area contributed by atoms with Crippen molar-refractivity contribution in [2.45, 2.75) is 0 Å². The summed E-state index contributed by atoms with van der Waals surface area (Å²) in [6, 6.07) is 9.06. The average molecular weight is 121 g/mol. The Morgan fingerprint density at radius 1 is 1.22 bits per heavy atom. The van der Waals surface area contributed by atoms with E-state index in [1.165, 1.54) is 0 Å². The molecule has 0 aliphatic rings. The highest BCUT2D eigenvalue weighted by molar-refractivity contribution is 6.17. The van der Waals surface area contributed by atoms with Gasteiger partial charge in [0.1, 0.15) is 0 Å². The van der Waals surface area contributed by atoms with Crippen molar-refractivity contribution >= 4 is 7.69 Å². The lowest BCUT2D eigenvalue weighted by molar-refractivity contribution is 0.454. The van der Waals surface area contributed by atoms with Gasteiger partial charge in [0.2, 0.25) is 0 Å². The summed E-state index contributed by atoms with van der Waals surface area (Å²) in [7, 11) is 0.662. The highest BCUT2D eigenvalue weighted by Gasteiger charge is 1.88. The molecule has 1 N–H and O–H groups in total. The molecule has 0 atom stereocenters. The fraction of sp³-hybridized carbons (Fsp3) is 0. The molecule has 0 aliphatic carbocycles.